The van der Waals surface area contributed by atoms with Crippen molar-refractivity contribution in [2.45, 2.75) is 20.8 Å². The molecule has 2 rings (SSSR count). The van der Waals surface area contributed by atoms with Crippen molar-refractivity contribution in [3.05, 3.63) is 47.2 Å². The van der Waals surface area contributed by atoms with Gasteiger partial charge in [0.15, 0.2) is 6.61 Å². The van der Waals surface area contributed by atoms with Gasteiger partial charge in [0, 0.05) is 28.2 Å². The molecular formula is C16H17NO3. The second-order valence-electron chi connectivity index (χ2n) is 4.92. The highest BCUT2D eigenvalue weighted by molar-refractivity contribution is 6.10. The summed E-state index contributed by atoms with van der Waals surface area (Å²) >= 11 is 0. The fraction of sp³-hybridized carbons (Fsp3) is 0.250. The lowest BCUT2D eigenvalue weighted by Gasteiger charge is -2.02. The van der Waals surface area contributed by atoms with Gasteiger partial charge in [-0.1, -0.05) is 23.8 Å². The van der Waals surface area contributed by atoms with Crippen LogP contribution in [0.5, 0.6) is 0 Å². The highest BCUT2D eigenvalue weighted by Crippen LogP contribution is 2.22. The van der Waals surface area contributed by atoms with E-state index in [2.05, 4.69) is 4.98 Å². The van der Waals surface area contributed by atoms with Crippen LogP contribution in [0.4, 0.5) is 0 Å². The molecule has 0 amide bonds. The number of para-hydroxylation sites is 1. The summed E-state index contributed by atoms with van der Waals surface area (Å²) < 4.78 is 4.96. The van der Waals surface area contributed by atoms with Gasteiger partial charge in [-0.2, -0.15) is 0 Å². The Labute approximate surface area is 117 Å². The van der Waals surface area contributed by atoms with Gasteiger partial charge in [-0.3, -0.25) is 4.79 Å². The number of carbonyl (C=O) groups is 2. The van der Waals surface area contributed by atoms with E-state index in [-0.39, 0.29) is 12.4 Å². The first-order chi connectivity index (χ1) is 9.49. The molecule has 104 valence electrons. The number of Topliss-reactive ketones (excluding diaryl/α,β-unsaturated/α-hetero) is 1. The lowest BCUT2D eigenvalue weighted by atomic mass is 10.1. The van der Waals surface area contributed by atoms with Crippen molar-refractivity contribution in [3.63, 3.8) is 0 Å². The summed E-state index contributed by atoms with van der Waals surface area (Å²) in [5, 5.41) is 0.855. The van der Waals surface area contributed by atoms with Crippen molar-refractivity contribution < 1.29 is 14.3 Å². The third-order valence-corrected chi connectivity index (χ3v) is 2.92. The van der Waals surface area contributed by atoms with Gasteiger partial charge in [0.05, 0.1) is 0 Å². The number of carbonyl (C=O) groups excluding carboxylic acids is 2. The number of esters is 1. The summed E-state index contributed by atoms with van der Waals surface area (Å²) in [6.07, 6.45) is 1.37. The number of fused-ring (bicyclic) bond motifs is 1. The van der Waals surface area contributed by atoms with Gasteiger partial charge in [0.2, 0.25) is 5.78 Å². The molecule has 4 nitrogen and oxygen atoms in total. The zero-order valence-corrected chi connectivity index (χ0v) is 11.8. The zero-order chi connectivity index (χ0) is 14.7. The van der Waals surface area contributed by atoms with E-state index in [1.54, 1.807) is 13.8 Å². The molecule has 2 aromatic rings. The number of H-pyrrole nitrogens is 1. The van der Waals surface area contributed by atoms with Gasteiger partial charge in [0.1, 0.15) is 0 Å². The van der Waals surface area contributed by atoms with Crippen LogP contribution in [0.3, 0.4) is 0 Å². The molecule has 0 aliphatic carbocycles. The van der Waals surface area contributed by atoms with E-state index in [1.807, 2.05) is 31.2 Å². The van der Waals surface area contributed by atoms with Crippen LogP contribution in [-0.4, -0.2) is 23.3 Å². The summed E-state index contributed by atoms with van der Waals surface area (Å²) in [6.45, 7) is 5.19. The van der Waals surface area contributed by atoms with Crippen molar-refractivity contribution in [1.82, 2.24) is 4.98 Å². The van der Waals surface area contributed by atoms with E-state index in [9.17, 15) is 9.59 Å². The standard InChI is InChI=1S/C16H17NO3/c1-10(2)8-15(19)20-9-14(18)16-11(3)17-13-7-5-4-6-12(13)16/h4-8,17H,9H2,1-3H3. The molecule has 0 spiro atoms. The molecule has 1 N–H and O–H groups in total. The summed E-state index contributed by atoms with van der Waals surface area (Å²) in [6, 6.07) is 7.57. The predicted molar refractivity (Wildman–Crippen MR) is 77.8 cm³/mol. The van der Waals surface area contributed by atoms with Gasteiger partial charge in [-0.15, -0.1) is 0 Å². The molecule has 1 heterocycles. The van der Waals surface area contributed by atoms with E-state index >= 15 is 0 Å². The number of rotatable bonds is 4. The van der Waals surface area contributed by atoms with Gasteiger partial charge >= 0.3 is 5.97 Å². The molecule has 0 atom stereocenters. The maximum absolute atomic E-state index is 12.2. The Balaban J connectivity index is 2.18. The highest BCUT2D eigenvalue weighted by Gasteiger charge is 2.16. The maximum atomic E-state index is 12.2. The van der Waals surface area contributed by atoms with E-state index in [0.29, 0.717) is 5.56 Å². The second kappa shape index (κ2) is 5.74. The average Bonchev–Trinajstić information content (AvgIpc) is 2.71. The fourth-order valence-corrected chi connectivity index (χ4v) is 2.12. The van der Waals surface area contributed by atoms with E-state index < -0.39 is 5.97 Å². The fourth-order valence-electron chi connectivity index (χ4n) is 2.12. The Kier molecular flexibility index (Phi) is 4.03. The van der Waals surface area contributed by atoms with Crippen molar-refractivity contribution in [2.75, 3.05) is 6.61 Å². The number of aryl methyl sites for hydroxylation is 1. The Morgan fingerprint density at radius 1 is 1.25 bits per heavy atom. The number of benzene rings is 1. The van der Waals surface area contributed by atoms with Gasteiger partial charge < -0.3 is 9.72 Å². The summed E-state index contributed by atoms with van der Waals surface area (Å²) in [5.41, 5.74) is 3.12. The van der Waals surface area contributed by atoms with Crippen molar-refractivity contribution in [1.29, 1.82) is 0 Å². The molecule has 4 heteroatoms. The van der Waals surface area contributed by atoms with Gasteiger partial charge in [-0.05, 0) is 26.8 Å². The van der Waals surface area contributed by atoms with E-state index in [0.717, 1.165) is 22.2 Å². The molecule has 1 aromatic carbocycles. The molecule has 0 aliphatic rings. The molecule has 0 saturated heterocycles. The lowest BCUT2D eigenvalue weighted by Crippen LogP contribution is -2.13. The molecule has 1 aromatic heterocycles. The topological polar surface area (TPSA) is 59.2 Å². The van der Waals surface area contributed by atoms with Crippen molar-refractivity contribution >= 4 is 22.7 Å². The smallest absolute Gasteiger partial charge is 0.331 e. The Morgan fingerprint density at radius 3 is 2.65 bits per heavy atom. The summed E-state index contributed by atoms with van der Waals surface area (Å²) in [4.78, 5) is 26.8. The summed E-state index contributed by atoms with van der Waals surface area (Å²) in [7, 11) is 0. The molecule has 0 radical (unpaired) electrons. The third kappa shape index (κ3) is 2.96. The second-order valence-corrected chi connectivity index (χ2v) is 4.92. The number of nitrogens with one attached hydrogen (secondary N) is 1. The summed E-state index contributed by atoms with van der Waals surface area (Å²) in [5.74, 6) is -0.689. The quantitative estimate of drug-likeness (QED) is 0.528. The largest absolute Gasteiger partial charge is 0.454 e. The zero-order valence-electron chi connectivity index (χ0n) is 11.8. The van der Waals surface area contributed by atoms with E-state index in [4.69, 9.17) is 4.74 Å². The van der Waals surface area contributed by atoms with Gasteiger partial charge in [0.25, 0.3) is 0 Å². The number of hydrogen-bond acceptors (Lipinski definition) is 3. The normalized spacial score (nSPS) is 10.3. The maximum Gasteiger partial charge on any atom is 0.331 e. The molecule has 0 bridgehead atoms. The minimum Gasteiger partial charge on any atom is -0.454 e. The average molecular weight is 271 g/mol. The Hall–Kier alpha value is -2.36. The van der Waals surface area contributed by atoms with Crippen LogP contribution in [0.25, 0.3) is 10.9 Å². The number of aromatic amines is 1. The SMILES string of the molecule is CC(C)=CC(=O)OCC(=O)c1c(C)[nH]c2ccccc12. The molecule has 0 unspecified atom stereocenters. The minimum atomic E-state index is -0.490. The number of ketones is 1. The first-order valence-corrected chi connectivity index (χ1v) is 6.41. The Morgan fingerprint density at radius 2 is 1.95 bits per heavy atom. The van der Waals surface area contributed by atoms with Crippen LogP contribution in [0.2, 0.25) is 0 Å². The molecule has 20 heavy (non-hydrogen) atoms. The number of allylic oxidation sites excluding steroid dienone is 1. The first-order valence-electron chi connectivity index (χ1n) is 6.41. The highest BCUT2D eigenvalue weighted by atomic mass is 16.5. The van der Waals surface area contributed by atoms with Crippen LogP contribution < -0.4 is 0 Å². The van der Waals surface area contributed by atoms with Crippen molar-refractivity contribution in [3.8, 4) is 0 Å². The monoisotopic (exact) mass is 271 g/mol. The molecule has 0 aliphatic heterocycles. The Bertz CT molecular complexity index is 691. The minimum absolute atomic E-state index is 0.199. The van der Waals surface area contributed by atoms with Crippen LogP contribution in [0.15, 0.2) is 35.9 Å². The van der Waals surface area contributed by atoms with Crippen LogP contribution >= 0.6 is 0 Å². The molecule has 0 fully saturated rings. The number of aromatic nitrogens is 1. The lowest BCUT2D eigenvalue weighted by molar-refractivity contribution is -0.136. The third-order valence-electron chi connectivity index (χ3n) is 2.92. The number of hydrogen-bond donors (Lipinski definition) is 1. The molecule has 0 saturated carbocycles. The van der Waals surface area contributed by atoms with Crippen LogP contribution in [0.1, 0.15) is 29.9 Å². The van der Waals surface area contributed by atoms with Crippen LogP contribution in [0, 0.1) is 6.92 Å². The van der Waals surface area contributed by atoms with Gasteiger partial charge in [-0.25, -0.2) is 4.79 Å². The van der Waals surface area contributed by atoms with Crippen molar-refractivity contribution in [2.24, 2.45) is 0 Å². The van der Waals surface area contributed by atoms with E-state index in [1.165, 1.54) is 6.08 Å². The first kappa shape index (κ1) is 14.1. The van der Waals surface area contributed by atoms with Crippen LogP contribution in [-0.2, 0) is 9.53 Å². The predicted octanol–water partition coefficient (Wildman–Crippen LogP) is 3.17. The molecular weight excluding hydrogens is 254 g/mol. The number of ether oxygens (including phenoxy) is 1.